The Bertz CT molecular complexity index is 449. The van der Waals surface area contributed by atoms with E-state index < -0.39 is 5.97 Å². The van der Waals surface area contributed by atoms with E-state index in [2.05, 4.69) is 12.2 Å². The van der Waals surface area contributed by atoms with Crippen LogP contribution in [0.2, 0.25) is 0 Å². The molecule has 3 heteroatoms. The van der Waals surface area contributed by atoms with Crippen molar-refractivity contribution >= 4 is 5.97 Å². The highest BCUT2D eigenvalue weighted by Crippen LogP contribution is 2.23. The molecule has 0 spiro atoms. The summed E-state index contributed by atoms with van der Waals surface area (Å²) in [4.78, 5) is 10.8. The van der Waals surface area contributed by atoms with E-state index >= 15 is 0 Å². The summed E-state index contributed by atoms with van der Waals surface area (Å²) in [6.07, 6.45) is 7.63. The molecule has 3 nitrogen and oxygen atoms in total. The Morgan fingerprint density at radius 1 is 1.47 bits per heavy atom. The van der Waals surface area contributed by atoms with E-state index in [0.29, 0.717) is 5.56 Å². The summed E-state index contributed by atoms with van der Waals surface area (Å²) in [6, 6.07) is 4.96. The highest BCUT2D eigenvalue weighted by atomic mass is 16.5. The fourth-order valence-corrected chi connectivity index (χ4v) is 1.96. The van der Waals surface area contributed by atoms with Crippen LogP contribution in [0.25, 0.3) is 0 Å². The van der Waals surface area contributed by atoms with Gasteiger partial charge in [0.05, 0.1) is 5.56 Å². The number of carboxylic acid groups (broad SMARTS) is 1. The van der Waals surface area contributed by atoms with Crippen LogP contribution in [0, 0.1) is 6.92 Å². The monoisotopic (exact) mass is 232 g/mol. The van der Waals surface area contributed by atoms with Gasteiger partial charge in [-0.15, -0.1) is 0 Å². The molecule has 0 fully saturated rings. The summed E-state index contributed by atoms with van der Waals surface area (Å²) < 4.78 is 5.84. The van der Waals surface area contributed by atoms with Crippen LogP contribution in [0.4, 0.5) is 0 Å². The van der Waals surface area contributed by atoms with Crippen LogP contribution in [0.15, 0.2) is 30.4 Å². The molecular formula is C14H16O3. The van der Waals surface area contributed by atoms with Crippen LogP contribution in [0.5, 0.6) is 5.75 Å². The number of carbonyl (C=O) groups is 1. The second-order valence-corrected chi connectivity index (χ2v) is 4.30. The molecule has 1 aliphatic carbocycles. The average molecular weight is 232 g/mol. The van der Waals surface area contributed by atoms with Crippen LogP contribution in [0.1, 0.15) is 35.2 Å². The van der Waals surface area contributed by atoms with Crippen LogP contribution in [0.3, 0.4) is 0 Å². The van der Waals surface area contributed by atoms with Gasteiger partial charge in [0.2, 0.25) is 0 Å². The molecule has 1 aromatic rings. The molecule has 17 heavy (non-hydrogen) atoms. The minimum absolute atomic E-state index is 0.123. The summed E-state index contributed by atoms with van der Waals surface area (Å²) in [6.45, 7) is 1.87. The van der Waals surface area contributed by atoms with Gasteiger partial charge in [0.15, 0.2) is 0 Å². The third kappa shape index (κ3) is 2.87. The molecule has 1 unspecified atom stereocenters. The Balaban J connectivity index is 2.13. The topological polar surface area (TPSA) is 46.5 Å². The van der Waals surface area contributed by atoms with Gasteiger partial charge in [0.1, 0.15) is 11.9 Å². The Kier molecular flexibility index (Phi) is 3.47. The van der Waals surface area contributed by atoms with Crippen LogP contribution < -0.4 is 4.74 Å². The first kappa shape index (κ1) is 11.7. The Morgan fingerprint density at radius 2 is 2.29 bits per heavy atom. The van der Waals surface area contributed by atoms with Crippen molar-refractivity contribution in [3.05, 3.63) is 41.5 Å². The molecule has 0 radical (unpaired) electrons. The third-order valence-electron chi connectivity index (χ3n) is 2.91. The molecule has 90 valence electrons. The highest BCUT2D eigenvalue weighted by Gasteiger charge is 2.12. The summed E-state index contributed by atoms with van der Waals surface area (Å²) in [5.41, 5.74) is 1.16. The molecule has 0 amide bonds. The van der Waals surface area contributed by atoms with Crippen LogP contribution in [-0.2, 0) is 0 Å². The first-order valence-corrected chi connectivity index (χ1v) is 5.84. The average Bonchev–Trinajstić information content (AvgIpc) is 2.33. The lowest BCUT2D eigenvalue weighted by Gasteiger charge is -2.19. The van der Waals surface area contributed by atoms with Gasteiger partial charge < -0.3 is 9.84 Å². The maximum atomic E-state index is 10.8. The number of ether oxygens (including phenoxy) is 1. The van der Waals surface area contributed by atoms with E-state index in [0.717, 1.165) is 30.6 Å². The van der Waals surface area contributed by atoms with Gasteiger partial charge in [-0.1, -0.05) is 6.08 Å². The second kappa shape index (κ2) is 5.04. The quantitative estimate of drug-likeness (QED) is 0.814. The second-order valence-electron chi connectivity index (χ2n) is 4.30. The standard InChI is InChI=1S/C14H16O3/c1-10-9-11(14(15)16)7-8-13(10)17-12-5-3-2-4-6-12/h3,5,7-9,12H,2,4,6H2,1H3,(H,15,16). The third-order valence-corrected chi connectivity index (χ3v) is 2.91. The van der Waals surface area contributed by atoms with Gasteiger partial charge in [0, 0.05) is 0 Å². The number of carboxylic acids is 1. The number of aromatic carboxylic acids is 1. The molecule has 0 bridgehead atoms. The molecule has 0 saturated heterocycles. The zero-order valence-corrected chi connectivity index (χ0v) is 9.85. The maximum Gasteiger partial charge on any atom is 0.335 e. The molecule has 0 aromatic heterocycles. The van der Waals surface area contributed by atoms with Gasteiger partial charge in [-0.3, -0.25) is 0 Å². The zero-order valence-electron chi connectivity index (χ0n) is 9.85. The number of hydrogen-bond acceptors (Lipinski definition) is 2. The summed E-state index contributed by atoms with van der Waals surface area (Å²) in [7, 11) is 0. The highest BCUT2D eigenvalue weighted by molar-refractivity contribution is 5.88. The lowest BCUT2D eigenvalue weighted by Crippen LogP contribution is -2.16. The van der Waals surface area contributed by atoms with E-state index in [1.54, 1.807) is 18.2 Å². The van der Waals surface area contributed by atoms with Gasteiger partial charge >= 0.3 is 5.97 Å². The van der Waals surface area contributed by atoms with E-state index in [-0.39, 0.29) is 6.10 Å². The molecule has 1 aromatic carbocycles. The summed E-state index contributed by atoms with van der Waals surface area (Å²) in [5, 5.41) is 8.87. The smallest absolute Gasteiger partial charge is 0.335 e. The number of hydrogen-bond donors (Lipinski definition) is 1. The lowest BCUT2D eigenvalue weighted by atomic mass is 10.0. The van der Waals surface area contributed by atoms with Gasteiger partial charge in [0.25, 0.3) is 0 Å². The van der Waals surface area contributed by atoms with Crippen LogP contribution >= 0.6 is 0 Å². The van der Waals surface area contributed by atoms with E-state index in [1.807, 2.05) is 6.92 Å². The number of allylic oxidation sites excluding steroid dienone is 1. The summed E-state index contributed by atoms with van der Waals surface area (Å²) in [5.74, 6) is -0.135. The fourth-order valence-electron chi connectivity index (χ4n) is 1.96. The lowest BCUT2D eigenvalue weighted by molar-refractivity contribution is 0.0696. The SMILES string of the molecule is Cc1cc(C(=O)O)ccc1OC1C=CCCC1. The van der Waals surface area contributed by atoms with Crippen molar-refractivity contribution in [2.45, 2.75) is 32.3 Å². The normalized spacial score (nSPS) is 19.0. The molecular weight excluding hydrogens is 216 g/mol. The molecule has 2 rings (SSSR count). The Morgan fingerprint density at radius 3 is 2.88 bits per heavy atom. The molecule has 1 aliphatic rings. The Hall–Kier alpha value is -1.77. The van der Waals surface area contributed by atoms with Gasteiger partial charge in [-0.05, 0) is 56.0 Å². The fraction of sp³-hybridized carbons (Fsp3) is 0.357. The number of rotatable bonds is 3. The van der Waals surface area contributed by atoms with Crippen molar-refractivity contribution in [3.8, 4) is 5.75 Å². The van der Waals surface area contributed by atoms with Crippen molar-refractivity contribution in [3.63, 3.8) is 0 Å². The zero-order chi connectivity index (χ0) is 12.3. The Labute approximate surface area is 101 Å². The number of benzene rings is 1. The van der Waals surface area contributed by atoms with E-state index in [9.17, 15) is 4.79 Å². The van der Waals surface area contributed by atoms with Crippen LogP contribution in [-0.4, -0.2) is 17.2 Å². The minimum atomic E-state index is -0.905. The van der Waals surface area contributed by atoms with Gasteiger partial charge in [-0.2, -0.15) is 0 Å². The number of aryl methyl sites for hydroxylation is 1. The molecule has 1 atom stereocenters. The van der Waals surface area contributed by atoms with E-state index in [1.165, 1.54) is 0 Å². The van der Waals surface area contributed by atoms with Crippen molar-refractivity contribution in [2.75, 3.05) is 0 Å². The predicted octanol–water partition coefficient (Wildman–Crippen LogP) is 3.18. The first-order chi connectivity index (χ1) is 8.16. The minimum Gasteiger partial charge on any atom is -0.486 e. The predicted molar refractivity (Wildman–Crippen MR) is 65.5 cm³/mol. The molecule has 0 heterocycles. The maximum absolute atomic E-state index is 10.8. The molecule has 0 saturated carbocycles. The molecule has 1 N–H and O–H groups in total. The summed E-state index contributed by atoms with van der Waals surface area (Å²) >= 11 is 0. The van der Waals surface area contributed by atoms with Crippen molar-refractivity contribution in [1.29, 1.82) is 0 Å². The van der Waals surface area contributed by atoms with Gasteiger partial charge in [-0.25, -0.2) is 4.79 Å². The van der Waals surface area contributed by atoms with E-state index in [4.69, 9.17) is 9.84 Å². The molecule has 0 aliphatic heterocycles. The van der Waals surface area contributed by atoms with Crippen molar-refractivity contribution < 1.29 is 14.6 Å². The van der Waals surface area contributed by atoms with Crippen molar-refractivity contribution in [2.24, 2.45) is 0 Å². The first-order valence-electron chi connectivity index (χ1n) is 5.84. The largest absolute Gasteiger partial charge is 0.486 e. The van der Waals surface area contributed by atoms with Crippen molar-refractivity contribution in [1.82, 2.24) is 0 Å².